The van der Waals surface area contributed by atoms with Crippen LogP contribution in [0.2, 0.25) is 0 Å². The maximum absolute atomic E-state index is 4.75. The third-order valence-electron chi connectivity index (χ3n) is 5.10. The first-order valence-corrected chi connectivity index (χ1v) is 8.77. The second kappa shape index (κ2) is 5.38. The summed E-state index contributed by atoms with van der Waals surface area (Å²) in [5, 5.41) is 5.88. The molecule has 3 rings (SSSR count). The first kappa shape index (κ1) is 15.0. The van der Waals surface area contributed by atoms with Crippen LogP contribution in [-0.4, -0.2) is 38.5 Å². The maximum atomic E-state index is 4.75. The van der Waals surface area contributed by atoms with Gasteiger partial charge in [0, 0.05) is 48.5 Å². The Morgan fingerprint density at radius 2 is 2.10 bits per heavy atom. The lowest BCUT2D eigenvalue weighted by Gasteiger charge is -2.51. The lowest BCUT2D eigenvalue weighted by Crippen LogP contribution is -2.67. The number of hydrogen-bond donors (Lipinski definition) is 1. The van der Waals surface area contributed by atoms with Gasteiger partial charge in [0.15, 0.2) is 4.96 Å². The molecule has 0 aliphatic carbocycles. The number of piperazine rings is 1. The minimum Gasteiger partial charge on any atom is -0.308 e. The minimum atomic E-state index is 0.172. The molecule has 1 aliphatic heterocycles. The van der Waals surface area contributed by atoms with Gasteiger partial charge in [0.05, 0.1) is 5.69 Å². The van der Waals surface area contributed by atoms with Gasteiger partial charge in [-0.05, 0) is 26.7 Å². The van der Waals surface area contributed by atoms with Gasteiger partial charge in [-0.15, -0.1) is 11.3 Å². The van der Waals surface area contributed by atoms with Crippen molar-refractivity contribution in [2.24, 2.45) is 0 Å². The van der Waals surface area contributed by atoms with E-state index in [1.165, 1.54) is 18.5 Å². The summed E-state index contributed by atoms with van der Waals surface area (Å²) < 4.78 is 2.13. The SMILES string of the molecule is CCC1(CC)CN(Cc2cn3ccsc3n2)C(C)(C)CN1. The Hall–Kier alpha value is -0.910. The fourth-order valence-electron chi connectivity index (χ4n) is 3.19. The highest BCUT2D eigenvalue weighted by Gasteiger charge is 2.40. The zero-order valence-electron chi connectivity index (χ0n) is 13.5. The number of rotatable bonds is 4. The van der Waals surface area contributed by atoms with E-state index in [0.717, 1.165) is 24.6 Å². The van der Waals surface area contributed by atoms with Crippen molar-refractivity contribution < 1.29 is 0 Å². The van der Waals surface area contributed by atoms with E-state index in [9.17, 15) is 0 Å². The molecule has 0 saturated carbocycles. The molecule has 2 aromatic heterocycles. The summed E-state index contributed by atoms with van der Waals surface area (Å²) in [5.41, 5.74) is 1.61. The Balaban J connectivity index is 1.81. The Bertz CT molecular complexity index is 580. The summed E-state index contributed by atoms with van der Waals surface area (Å²) in [6, 6.07) is 0. The van der Waals surface area contributed by atoms with Gasteiger partial charge in [0.2, 0.25) is 0 Å². The number of thiazole rings is 1. The molecule has 1 fully saturated rings. The number of nitrogens with zero attached hydrogens (tertiary/aromatic N) is 3. The fraction of sp³-hybridized carbons (Fsp3) is 0.688. The Labute approximate surface area is 131 Å². The Kier molecular flexibility index (Phi) is 3.84. The van der Waals surface area contributed by atoms with Crippen molar-refractivity contribution >= 4 is 16.3 Å². The summed E-state index contributed by atoms with van der Waals surface area (Å²) in [7, 11) is 0. The van der Waals surface area contributed by atoms with E-state index in [2.05, 4.69) is 60.1 Å². The van der Waals surface area contributed by atoms with E-state index in [4.69, 9.17) is 4.98 Å². The van der Waals surface area contributed by atoms with Crippen molar-refractivity contribution in [1.82, 2.24) is 19.6 Å². The highest BCUT2D eigenvalue weighted by molar-refractivity contribution is 7.15. The normalized spacial score (nSPS) is 21.9. The van der Waals surface area contributed by atoms with Gasteiger partial charge < -0.3 is 5.32 Å². The van der Waals surface area contributed by atoms with Gasteiger partial charge in [-0.25, -0.2) is 4.98 Å². The molecule has 1 N–H and O–H groups in total. The summed E-state index contributed by atoms with van der Waals surface area (Å²) in [4.78, 5) is 8.44. The van der Waals surface area contributed by atoms with Gasteiger partial charge in [-0.3, -0.25) is 9.30 Å². The largest absolute Gasteiger partial charge is 0.308 e. The molecular weight excluding hydrogens is 280 g/mol. The van der Waals surface area contributed by atoms with E-state index in [1.54, 1.807) is 11.3 Å². The molecule has 4 nitrogen and oxygen atoms in total. The van der Waals surface area contributed by atoms with E-state index in [1.807, 2.05) is 0 Å². The van der Waals surface area contributed by atoms with E-state index < -0.39 is 0 Å². The molecule has 0 amide bonds. The van der Waals surface area contributed by atoms with Crippen molar-refractivity contribution in [1.29, 1.82) is 0 Å². The number of fused-ring (bicyclic) bond motifs is 1. The lowest BCUT2D eigenvalue weighted by atomic mass is 9.85. The van der Waals surface area contributed by atoms with Gasteiger partial charge in [-0.2, -0.15) is 0 Å². The van der Waals surface area contributed by atoms with Crippen molar-refractivity contribution in [3.63, 3.8) is 0 Å². The molecule has 0 spiro atoms. The number of hydrogen-bond acceptors (Lipinski definition) is 4. The Morgan fingerprint density at radius 3 is 2.76 bits per heavy atom. The van der Waals surface area contributed by atoms with Gasteiger partial charge in [0.1, 0.15) is 0 Å². The summed E-state index contributed by atoms with van der Waals surface area (Å²) in [6.45, 7) is 12.3. The van der Waals surface area contributed by atoms with Crippen LogP contribution in [0.1, 0.15) is 46.2 Å². The van der Waals surface area contributed by atoms with Crippen LogP contribution in [0.5, 0.6) is 0 Å². The molecule has 5 heteroatoms. The molecule has 0 atom stereocenters. The highest BCUT2D eigenvalue weighted by atomic mass is 32.1. The second-order valence-electron chi connectivity index (χ2n) is 6.83. The predicted molar refractivity (Wildman–Crippen MR) is 88.9 cm³/mol. The number of imidazole rings is 1. The van der Waals surface area contributed by atoms with Crippen LogP contribution in [0.4, 0.5) is 0 Å². The van der Waals surface area contributed by atoms with Crippen LogP contribution in [-0.2, 0) is 6.54 Å². The molecule has 116 valence electrons. The maximum Gasteiger partial charge on any atom is 0.193 e. The Morgan fingerprint density at radius 1 is 1.33 bits per heavy atom. The topological polar surface area (TPSA) is 32.6 Å². The lowest BCUT2D eigenvalue weighted by molar-refractivity contribution is 0.0154. The quantitative estimate of drug-likeness (QED) is 0.942. The summed E-state index contributed by atoms with van der Waals surface area (Å²) >= 11 is 1.70. The van der Waals surface area contributed by atoms with Gasteiger partial charge >= 0.3 is 0 Å². The van der Waals surface area contributed by atoms with Gasteiger partial charge in [-0.1, -0.05) is 13.8 Å². The summed E-state index contributed by atoms with van der Waals surface area (Å²) in [6.07, 6.45) is 6.61. The molecule has 0 unspecified atom stereocenters. The van der Waals surface area contributed by atoms with E-state index in [-0.39, 0.29) is 11.1 Å². The molecule has 21 heavy (non-hydrogen) atoms. The first-order valence-electron chi connectivity index (χ1n) is 7.89. The zero-order chi connectivity index (χ0) is 15.1. The highest BCUT2D eigenvalue weighted by Crippen LogP contribution is 2.29. The smallest absolute Gasteiger partial charge is 0.193 e. The van der Waals surface area contributed by atoms with Crippen LogP contribution in [0.15, 0.2) is 17.8 Å². The molecule has 0 bridgehead atoms. The standard InChI is InChI=1S/C16H26N4S/c1-5-16(6-2)12-20(15(3,4)11-17-16)10-13-9-19-7-8-21-14(19)18-13/h7-9,17H,5-6,10-12H2,1-4H3. The van der Waals surface area contributed by atoms with E-state index in [0.29, 0.717) is 0 Å². The number of aromatic nitrogens is 2. The van der Waals surface area contributed by atoms with Crippen molar-refractivity contribution in [2.75, 3.05) is 13.1 Å². The van der Waals surface area contributed by atoms with Crippen molar-refractivity contribution in [3.05, 3.63) is 23.5 Å². The third kappa shape index (κ3) is 2.74. The van der Waals surface area contributed by atoms with Crippen LogP contribution in [0.25, 0.3) is 4.96 Å². The zero-order valence-corrected chi connectivity index (χ0v) is 14.3. The summed E-state index contributed by atoms with van der Waals surface area (Å²) in [5.74, 6) is 0. The van der Waals surface area contributed by atoms with Crippen LogP contribution in [0.3, 0.4) is 0 Å². The van der Waals surface area contributed by atoms with E-state index >= 15 is 0 Å². The molecule has 3 heterocycles. The first-order chi connectivity index (χ1) is 9.98. The number of nitrogens with one attached hydrogen (secondary N) is 1. The molecule has 1 saturated heterocycles. The fourth-order valence-corrected chi connectivity index (χ4v) is 3.91. The molecule has 2 aromatic rings. The third-order valence-corrected chi connectivity index (χ3v) is 5.87. The van der Waals surface area contributed by atoms with Gasteiger partial charge in [0.25, 0.3) is 0 Å². The molecular formula is C16H26N4S. The molecule has 1 aliphatic rings. The average molecular weight is 306 g/mol. The van der Waals surface area contributed by atoms with Crippen molar-refractivity contribution in [2.45, 2.75) is 58.2 Å². The van der Waals surface area contributed by atoms with Crippen molar-refractivity contribution in [3.8, 4) is 0 Å². The minimum absolute atomic E-state index is 0.172. The van der Waals surface area contributed by atoms with Crippen LogP contribution >= 0.6 is 11.3 Å². The molecule has 0 aromatic carbocycles. The van der Waals surface area contributed by atoms with Crippen LogP contribution < -0.4 is 5.32 Å². The second-order valence-corrected chi connectivity index (χ2v) is 7.71. The monoisotopic (exact) mass is 306 g/mol. The van der Waals surface area contributed by atoms with Crippen LogP contribution in [0, 0.1) is 0 Å². The predicted octanol–water partition coefficient (Wildman–Crippen LogP) is 3.14. The molecule has 0 radical (unpaired) electrons. The average Bonchev–Trinajstić information content (AvgIpc) is 3.02.